The number of rotatable bonds is 7. The van der Waals surface area contributed by atoms with Crippen LogP contribution in [0.4, 0.5) is 0 Å². The zero-order valence-electron chi connectivity index (χ0n) is 15.9. The number of nitrogens with zero attached hydrogens (tertiary/aromatic N) is 3. The van der Waals surface area contributed by atoms with Crippen LogP contribution in [0.2, 0.25) is 0 Å². The van der Waals surface area contributed by atoms with Crippen LogP contribution >= 0.6 is 24.0 Å². The smallest absolute Gasteiger partial charge is 0.191 e. The molecule has 2 saturated heterocycles. The van der Waals surface area contributed by atoms with Gasteiger partial charge in [0.1, 0.15) is 0 Å². The molecule has 1 atom stereocenters. The van der Waals surface area contributed by atoms with Gasteiger partial charge < -0.3 is 15.5 Å². The number of piperidine rings is 1. The lowest BCUT2D eigenvalue weighted by Crippen LogP contribution is -2.45. The van der Waals surface area contributed by atoms with Gasteiger partial charge >= 0.3 is 0 Å². The van der Waals surface area contributed by atoms with Crippen LogP contribution in [0.1, 0.15) is 46.0 Å². The van der Waals surface area contributed by atoms with Crippen LogP contribution in [-0.4, -0.2) is 74.7 Å². The zero-order valence-corrected chi connectivity index (χ0v) is 18.2. The van der Waals surface area contributed by atoms with Gasteiger partial charge in [0.2, 0.25) is 0 Å². The molecule has 24 heavy (non-hydrogen) atoms. The fourth-order valence-corrected chi connectivity index (χ4v) is 3.77. The van der Waals surface area contributed by atoms with Gasteiger partial charge in [0.25, 0.3) is 0 Å². The van der Waals surface area contributed by atoms with Gasteiger partial charge in [-0.3, -0.25) is 9.89 Å². The first-order valence-electron chi connectivity index (χ1n) is 9.63. The first-order valence-corrected chi connectivity index (χ1v) is 9.63. The third-order valence-corrected chi connectivity index (χ3v) is 5.45. The Balaban J connectivity index is 0.00000288. The number of guanidine groups is 1. The molecule has 2 aliphatic heterocycles. The molecule has 5 nitrogen and oxygen atoms in total. The van der Waals surface area contributed by atoms with E-state index in [-0.39, 0.29) is 24.0 Å². The van der Waals surface area contributed by atoms with Gasteiger partial charge in [-0.25, -0.2) is 0 Å². The van der Waals surface area contributed by atoms with E-state index in [9.17, 15) is 0 Å². The summed E-state index contributed by atoms with van der Waals surface area (Å²) in [6.07, 6.45) is 6.57. The number of likely N-dealkylation sites (tertiary alicyclic amines) is 2. The number of hydrogen-bond donors (Lipinski definition) is 2. The summed E-state index contributed by atoms with van der Waals surface area (Å²) in [5.41, 5.74) is 0. The van der Waals surface area contributed by atoms with E-state index in [0.717, 1.165) is 31.5 Å². The number of hydrogen-bond acceptors (Lipinski definition) is 3. The van der Waals surface area contributed by atoms with Crippen LogP contribution in [-0.2, 0) is 0 Å². The number of nitrogens with one attached hydrogen (secondary N) is 2. The Morgan fingerprint density at radius 3 is 2.54 bits per heavy atom. The first-order chi connectivity index (χ1) is 11.2. The van der Waals surface area contributed by atoms with E-state index >= 15 is 0 Å². The highest BCUT2D eigenvalue weighted by atomic mass is 127. The molecule has 2 rings (SSSR count). The molecular formula is C18H38IN5. The van der Waals surface area contributed by atoms with Crippen LogP contribution in [0, 0.1) is 5.92 Å². The summed E-state index contributed by atoms with van der Waals surface area (Å²) in [6.45, 7) is 12.8. The van der Waals surface area contributed by atoms with Gasteiger partial charge in [0.15, 0.2) is 5.96 Å². The van der Waals surface area contributed by atoms with Crippen molar-refractivity contribution in [1.29, 1.82) is 0 Å². The Bertz CT molecular complexity index is 355. The Kier molecular flexibility index (Phi) is 11.3. The first kappa shape index (κ1) is 22.0. The van der Waals surface area contributed by atoms with Crippen LogP contribution in [0.15, 0.2) is 4.99 Å². The molecular weight excluding hydrogens is 413 g/mol. The second-order valence-electron chi connectivity index (χ2n) is 7.18. The molecule has 0 aromatic carbocycles. The summed E-state index contributed by atoms with van der Waals surface area (Å²) in [5.74, 6) is 1.88. The van der Waals surface area contributed by atoms with Crippen molar-refractivity contribution in [2.45, 2.75) is 52.0 Å². The van der Waals surface area contributed by atoms with Crippen LogP contribution in [0.5, 0.6) is 0 Å². The van der Waals surface area contributed by atoms with Crippen molar-refractivity contribution in [1.82, 2.24) is 20.4 Å². The van der Waals surface area contributed by atoms with E-state index in [1.165, 1.54) is 58.3 Å². The van der Waals surface area contributed by atoms with E-state index in [2.05, 4.69) is 39.3 Å². The maximum atomic E-state index is 4.36. The summed E-state index contributed by atoms with van der Waals surface area (Å²) < 4.78 is 0. The molecule has 2 heterocycles. The average Bonchev–Trinajstić information content (AvgIpc) is 3.03. The molecule has 0 radical (unpaired) electrons. The summed E-state index contributed by atoms with van der Waals surface area (Å²) >= 11 is 0. The van der Waals surface area contributed by atoms with Gasteiger partial charge in [-0.05, 0) is 70.7 Å². The monoisotopic (exact) mass is 451 g/mol. The summed E-state index contributed by atoms with van der Waals surface area (Å²) in [6, 6.07) is 0.675. The molecule has 0 bridgehead atoms. The molecule has 2 fully saturated rings. The second-order valence-corrected chi connectivity index (χ2v) is 7.18. The van der Waals surface area contributed by atoms with E-state index in [0.29, 0.717) is 6.04 Å². The normalized spacial score (nSPS) is 24.0. The topological polar surface area (TPSA) is 42.9 Å². The lowest BCUT2D eigenvalue weighted by molar-refractivity contribution is 0.191. The minimum atomic E-state index is 0. The molecule has 6 heteroatoms. The number of aliphatic imine (C=N–C) groups is 1. The highest BCUT2D eigenvalue weighted by molar-refractivity contribution is 14.0. The van der Waals surface area contributed by atoms with Crippen molar-refractivity contribution in [3.05, 3.63) is 0 Å². The summed E-state index contributed by atoms with van der Waals surface area (Å²) in [5, 5.41) is 6.97. The van der Waals surface area contributed by atoms with E-state index in [1.54, 1.807) is 0 Å². The van der Waals surface area contributed by atoms with Crippen molar-refractivity contribution in [2.75, 3.05) is 52.9 Å². The molecule has 142 valence electrons. The standard InChI is InChI=1S/C18H37N5.HI/c1-4-23-12-5-7-17(23)15-21-18(19-3)20-10-6-11-22-13-8-16(2)9-14-22;/h16-17H,4-15H2,1-3H3,(H2,19,20,21);1H. The predicted octanol–water partition coefficient (Wildman–Crippen LogP) is 2.38. The molecule has 0 amide bonds. The highest BCUT2D eigenvalue weighted by Gasteiger charge is 2.22. The maximum absolute atomic E-state index is 4.36. The van der Waals surface area contributed by atoms with E-state index in [4.69, 9.17) is 0 Å². The van der Waals surface area contributed by atoms with Gasteiger partial charge in [-0.1, -0.05) is 13.8 Å². The van der Waals surface area contributed by atoms with Crippen molar-refractivity contribution < 1.29 is 0 Å². The molecule has 0 aromatic heterocycles. The van der Waals surface area contributed by atoms with Crippen molar-refractivity contribution >= 4 is 29.9 Å². The third kappa shape index (κ3) is 7.44. The molecule has 2 N–H and O–H groups in total. The molecule has 0 aliphatic carbocycles. The Hall–Kier alpha value is -0.0800. The number of halogens is 1. The second kappa shape index (κ2) is 12.3. The SMILES string of the molecule is CCN1CCCC1CNC(=NC)NCCCN1CCC(C)CC1.I. The fourth-order valence-electron chi connectivity index (χ4n) is 3.77. The molecule has 2 aliphatic rings. The zero-order chi connectivity index (χ0) is 16.5. The Morgan fingerprint density at radius 2 is 1.88 bits per heavy atom. The molecule has 1 unspecified atom stereocenters. The van der Waals surface area contributed by atoms with E-state index < -0.39 is 0 Å². The minimum Gasteiger partial charge on any atom is -0.356 e. The highest BCUT2D eigenvalue weighted by Crippen LogP contribution is 2.16. The third-order valence-electron chi connectivity index (χ3n) is 5.45. The Morgan fingerprint density at radius 1 is 1.12 bits per heavy atom. The predicted molar refractivity (Wildman–Crippen MR) is 115 cm³/mol. The average molecular weight is 451 g/mol. The van der Waals surface area contributed by atoms with Gasteiger partial charge in [0, 0.05) is 26.2 Å². The van der Waals surface area contributed by atoms with Crippen LogP contribution < -0.4 is 10.6 Å². The Labute approximate surface area is 166 Å². The van der Waals surface area contributed by atoms with Gasteiger partial charge in [-0.15, -0.1) is 24.0 Å². The molecule has 0 spiro atoms. The quantitative estimate of drug-likeness (QED) is 0.270. The van der Waals surface area contributed by atoms with Crippen molar-refractivity contribution in [2.24, 2.45) is 10.9 Å². The van der Waals surface area contributed by atoms with Crippen LogP contribution in [0.25, 0.3) is 0 Å². The van der Waals surface area contributed by atoms with Crippen molar-refractivity contribution in [3.63, 3.8) is 0 Å². The minimum absolute atomic E-state index is 0. The molecule has 0 aromatic rings. The molecule has 0 saturated carbocycles. The largest absolute Gasteiger partial charge is 0.356 e. The van der Waals surface area contributed by atoms with E-state index in [1.807, 2.05) is 7.05 Å². The van der Waals surface area contributed by atoms with Gasteiger partial charge in [-0.2, -0.15) is 0 Å². The lowest BCUT2D eigenvalue weighted by Gasteiger charge is -2.30. The fraction of sp³-hybridized carbons (Fsp3) is 0.944. The number of likely N-dealkylation sites (N-methyl/N-ethyl adjacent to an activating group) is 1. The lowest BCUT2D eigenvalue weighted by atomic mass is 9.99. The summed E-state index contributed by atoms with van der Waals surface area (Å²) in [7, 11) is 1.87. The van der Waals surface area contributed by atoms with Gasteiger partial charge in [0.05, 0.1) is 0 Å². The maximum Gasteiger partial charge on any atom is 0.191 e. The van der Waals surface area contributed by atoms with Crippen LogP contribution in [0.3, 0.4) is 0 Å². The summed E-state index contributed by atoms with van der Waals surface area (Å²) in [4.78, 5) is 9.53. The van der Waals surface area contributed by atoms with Crippen molar-refractivity contribution in [3.8, 4) is 0 Å².